The van der Waals surface area contributed by atoms with E-state index in [1.807, 2.05) is 36.6 Å². The van der Waals surface area contributed by atoms with Crippen LogP contribution in [0.4, 0.5) is 0 Å². The average molecular weight is 329 g/mol. The van der Waals surface area contributed by atoms with E-state index in [4.69, 9.17) is 4.74 Å². The van der Waals surface area contributed by atoms with Crippen molar-refractivity contribution in [3.8, 4) is 5.75 Å². The Kier molecular flexibility index (Phi) is 4.71. The van der Waals surface area contributed by atoms with Gasteiger partial charge in [-0.1, -0.05) is 19.1 Å². The van der Waals surface area contributed by atoms with E-state index in [0.717, 1.165) is 35.6 Å². The van der Waals surface area contributed by atoms with Crippen LogP contribution >= 0.6 is 11.3 Å². The van der Waals surface area contributed by atoms with E-state index in [2.05, 4.69) is 12.2 Å². The molecule has 0 fully saturated rings. The molecule has 23 heavy (non-hydrogen) atoms. The van der Waals surface area contributed by atoms with Crippen molar-refractivity contribution in [3.05, 3.63) is 51.2 Å². The van der Waals surface area contributed by atoms with Gasteiger partial charge in [0.2, 0.25) is 0 Å². The second kappa shape index (κ2) is 6.75. The lowest BCUT2D eigenvalue weighted by Crippen LogP contribution is -2.27. The summed E-state index contributed by atoms with van der Waals surface area (Å²) >= 11 is 1.73. The topological polar surface area (TPSA) is 38.3 Å². The Morgan fingerprint density at radius 3 is 3.04 bits per heavy atom. The molecule has 0 aliphatic heterocycles. The third-order valence-electron chi connectivity index (χ3n) is 4.59. The molecule has 1 aliphatic rings. The number of methoxy groups -OCH3 is 1. The van der Waals surface area contributed by atoms with Crippen molar-refractivity contribution in [2.45, 2.75) is 39.2 Å². The summed E-state index contributed by atoms with van der Waals surface area (Å²) in [5.74, 6) is 1.57. The molecule has 0 bridgehead atoms. The predicted octanol–water partition coefficient (Wildman–Crippen LogP) is 4.37. The summed E-state index contributed by atoms with van der Waals surface area (Å²) in [5.41, 5.74) is 3.19. The van der Waals surface area contributed by atoms with E-state index in [-0.39, 0.29) is 11.9 Å². The van der Waals surface area contributed by atoms with Crippen LogP contribution in [0.25, 0.3) is 0 Å². The van der Waals surface area contributed by atoms with Crippen molar-refractivity contribution in [3.63, 3.8) is 0 Å². The third kappa shape index (κ3) is 3.42. The van der Waals surface area contributed by atoms with Gasteiger partial charge in [-0.15, -0.1) is 11.3 Å². The Morgan fingerprint density at radius 1 is 1.43 bits per heavy atom. The largest absolute Gasteiger partial charge is 0.497 e. The van der Waals surface area contributed by atoms with E-state index in [1.54, 1.807) is 18.4 Å². The number of rotatable bonds is 4. The quantitative estimate of drug-likeness (QED) is 0.904. The van der Waals surface area contributed by atoms with Gasteiger partial charge < -0.3 is 10.1 Å². The number of hydrogen-bond donors (Lipinski definition) is 1. The van der Waals surface area contributed by atoms with Crippen LogP contribution in [0.5, 0.6) is 5.75 Å². The number of amides is 1. The van der Waals surface area contributed by atoms with Gasteiger partial charge in [0.05, 0.1) is 18.7 Å². The zero-order valence-electron chi connectivity index (χ0n) is 13.9. The number of thiophene rings is 1. The molecule has 1 amide bonds. The van der Waals surface area contributed by atoms with Crippen LogP contribution in [0.2, 0.25) is 0 Å². The molecule has 3 rings (SSSR count). The summed E-state index contributed by atoms with van der Waals surface area (Å²) < 4.78 is 5.26. The lowest BCUT2D eigenvalue weighted by atomic mass is 9.88. The van der Waals surface area contributed by atoms with E-state index < -0.39 is 0 Å². The highest BCUT2D eigenvalue weighted by Crippen LogP contribution is 2.33. The smallest absolute Gasteiger partial charge is 0.252 e. The van der Waals surface area contributed by atoms with Crippen LogP contribution < -0.4 is 10.1 Å². The van der Waals surface area contributed by atoms with Crippen LogP contribution in [0.1, 0.15) is 52.7 Å². The Labute approximate surface area is 141 Å². The Hall–Kier alpha value is -1.81. The van der Waals surface area contributed by atoms with Crippen molar-refractivity contribution in [2.75, 3.05) is 7.11 Å². The highest BCUT2D eigenvalue weighted by Gasteiger charge is 2.24. The standard InChI is InChI=1S/C19H23NO2S/c1-12-7-8-16-17(11-23-18(16)9-12)19(21)20-13(2)14-5-4-6-15(10-14)22-3/h4-6,10-13H,7-9H2,1-3H3,(H,20,21)/t12-,13+/m1/s1. The van der Waals surface area contributed by atoms with E-state index >= 15 is 0 Å². The molecule has 1 aromatic carbocycles. The molecule has 2 atom stereocenters. The Bertz CT molecular complexity index is 707. The number of hydrogen-bond acceptors (Lipinski definition) is 3. The molecule has 1 N–H and O–H groups in total. The van der Waals surface area contributed by atoms with Gasteiger partial charge in [0.25, 0.3) is 5.91 Å². The second-order valence-electron chi connectivity index (χ2n) is 6.37. The Balaban J connectivity index is 1.74. The maximum Gasteiger partial charge on any atom is 0.252 e. The number of carbonyl (C=O) groups is 1. The fourth-order valence-electron chi connectivity index (χ4n) is 3.14. The highest BCUT2D eigenvalue weighted by atomic mass is 32.1. The number of benzene rings is 1. The first kappa shape index (κ1) is 16.1. The first-order valence-corrected chi connectivity index (χ1v) is 9.00. The SMILES string of the molecule is COc1cccc([C@H](C)NC(=O)c2csc3c2CC[C@@H](C)C3)c1. The molecular formula is C19H23NO2S. The van der Waals surface area contributed by atoms with E-state index in [0.29, 0.717) is 0 Å². The molecular weight excluding hydrogens is 306 g/mol. The molecule has 3 nitrogen and oxygen atoms in total. The van der Waals surface area contributed by atoms with Crippen molar-refractivity contribution >= 4 is 17.2 Å². The van der Waals surface area contributed by atoms with Crippen LogP contribution in [0, 0.1) is 5.92 Å². The summed E-state index contributed by atoms with van der Waals surface area (Å²) in [4.78, 5) is 14.1. The molecule has 0 spiro atoms. The molecule has 122 valence electrons. The summed E-state index contributed by atoms with van der Waals surface area (Å²) in [7, 11) is 1.65. The van der Waals surface area contributed by atoms with Gasteiger partial charge in [0, 0.05) is 10.3 Å². The minimum absolute atomic E-state index is 0.0346. The highest BCUT2D eigenvalue weighted by molar-refractivity contribution is 7.10. The monoisotopic (exact) mass is 329 g/mol. The molecule has 4 heteroatoms. The fraction of sp³-hybridized carbons (Fsp3) is 0.421. The minimum Gasteiger partial charge on any atom is -0.497 e. The van der Waals surface area contributed by atoms with Gasteiger partial charge >= 0.3 is 0 Å². The molecule has 0 saturated heterocycles. The van der Waals surface area contributed by atoms with Crippen molar-refractivity contribution < 1.29 is 9.53 Å². The van der Waals surface area contributed by atoms with Crippen LogP contribution in [0.3, 0.4) is 0 Å². The molecule has 1 aromatic heterocycles. The maximum absolute atomic E-state index is 12.7. The van der Waals surface area contributed by atoms with Crippen LogP contribution in [-0.4, -0.2) is 13.0 Å². The third-order valence-corrected chi connectivity index (χ3v) is 5.64. The normalized spacial score (nSPS) is 18.1. The molecule has 0 radical (unpaired) electrons. The summed E-state index contributed by atoms with van der Waals surface area (Å²) in [6.07, 6.45) is 3.31. The zero-order chi connectivity index (χ0) is 16.4. The average Bonchev–Trinajstić information content (AvgIpc) is 2.97. The van der Waals surface area contributed by atoms with Crippen LogP contribution in [0.15, 0.2) is 29.6 Å². The zero-order valence-corrected chi connectivity index (χ0v) is 14.7. The van der Waals surface area contributed by atoms with Crippen molar-refractivity contribution in [2.24, 2.45) is 5.92 Å². The molecule has 1 heterocycles. The van der Waals surface area contributed by atoms with Gasteiger partial charge in [-0.05, 0) is 55.4 Å². The lowest BCUT2D eigenvalue weighted by molar-refractivity contribution is 0.0939. The first-order chi connectivity index (χ1) is 11.1. The second-order valence-corrected chi connectivity index (χ2v) is 7.34. The first-order valence-electron chi connectivity index (χ1n) is 8.12. The number of carbonyl (C=O) groups excluding carboxylic acids is 1. The van der Waals surface area contributed by atoms with Gasteiger partial charge in [-0.25, -0.2) is 0 Å². The maximum atomic E-state index is 12.7. The molecule has 1 aliphatic carbocycles. The van der Waals surface area contributed by atoms with Crippen molar-refractivity contribution in [1.29, 1.82) is 0 Å². The predicted molar refractivity (Wildman–Crippen MR) is 94.4 cm³/mol. The van der Waals surface area contributed by atoms with E-state index in [9.17, 15) is 4.79 Å². The Morgan fingerprint density at radius 2 is 2.26 bits per heavy atom. The number of fused-ring (bicyclic) bond motifs is 1. The number of nitrogens with one attached hydrogen (secondary N) is 1. The van der Waals surface area contributed by atoms with Crippen LogP contribution in [-0.2, 0) is 12.8 Å². The summed E-state index contributed by atoms with van der Waals surface area (Å²) in [5, 5.41) is 5.15. The summed E-state index contributed by atoms with van der Waals surface area (Å²) in [6, 6.07) is 7.79. The van der Waals surface area contributed by atoms with Gasteiger partial charge in [-0.2, -0.15) is 0 Å². The van der Waals surface area contributed by atoms with E-state index in [1.165, 1.54) is 16.9 Å². The van der Waals surface area contributed by atoms with Gasteiger partial charge in [0.15, 0.2) is 0 Å². The van der Waals surface area contributed by atoms with Gasteiger partial charge in [-0.3, -0.25) is 4.79 Å². The molecule has 0 unspecified atom stereocenters. The minimum atomic E-state index is -0.0457. The van der Waals surface area contributed by atoms with Crippen molar-refractivity contribution in [1.82, 2.24) is 5.32 Å². The fourth-order valence-corrected chi connectivity index (χ4v) is 4.38. The number of ether oxygens (including phenoxy) is 1. The molecule has 2 aromatic rings. The van der Waals surface area contributed by atoms with Gasteiger partial charge in [0.1, 0.15) is 5.75 Å². The summed E-state index contributed by atoms with van der Waals surface area (Å²) in [6.45, 7) is 4.29. The lowest BCUT2D eigenvalue weighted by Gasteiger charge is -2.20. The molecule has 0 saturated carbocycles.